The minimum Gasteiger partial charge on any atom is -0.357 e. The SMILES string of the molecule is CCN1CCN(c2ccc(-c3nn(Cc4cn(Cc5ccccc5)nn4)c4nc(NC)ncc34)cn2)CC1. The molecule has 11 heteroatoms. The minimum atomic E-state index is 0.443. The molecular weight excluding hydrogens is 478 g/mol. The van der Waals surface area contributed by atoms with Crippen LogP contribution < -0.4 is 10.2 Å². The predicted molar refractivity (Wildman–Crippen MR) is 147 cm³/mol. The molecule has 38 heavy (non-hydrogen) atoms. The fourth-order valence-electron chi connectivity index (χ4n) is 4.82. The number of fused-ring (bicyclic) bond motifs is 1. The highest BCUT2D eigenvalue weighted by Gasteiger charge is 2.19. The molecule has 0 spiro atoms. The van der Waals surface area contributed by atoms with Crippen molar-refractivity contribution in [3.8, 4) is 11.3 Å². The summed E-state index contributed by atoms with van der Waals surface area (Å²) < 4.78 is 3.70. The van der Waals surface area contributed by atoms with Gasteiger partial charge in [-0.05, 0) is 24.2 Å². The molecule has 0 saturated carbocycles. The Labute approximate surface area is 221 Å². The Morgan fingerprint density at radius 3 is 2.50 bits per heavy atom. The van der Waals surface area contributed by atoms with Crippen LogP contribution in [0.5, 0.6) is 0 Å². The van der Waals surface area contributed by atoms with Gasteiger partial charge in [-0.3, -0.25) is 0 Å². The van der Waals surface area contributed by atoms with Crippen LogP contribution in [0.25, 0.3) is 22.3 Å². The summed E-state index contributed by atoms with van der Waals surface area (Å²) in [7, 11) is 1.81. The van der Waals surface area contributed by atoms with Crippen LogP contribution in [0.2, 0.25) is 0 Å². The molecule has 1 aliphatic rings. The van der Waals surface area contributed by atoms with E-state index in [-0.39, 0.29) is 0 Å². The third-order valence-electron chi connectivity index (χ3n) is 6.96. The first-order valence-electron chi connectivity index (χ1n) is 13.0. The molecule has 1 fully saturated rings. The van der Waals surface area contributed by atoms with Gasteiger partial charge in [-0.1, -0.05) is 42.5 Å². The van der Waals surface area contributed by atoms with E-state index in [1.165, 1.54) is 5.56 Å². The molecule has 0 amide bonds. The molecule has 1 saturated heterocycles. The van der Waals surface area contributed by atoms with Crippen molar-refractivity contribution < 1.29 is 0 Å². The minimum absolute atomic E-state index is 0.443. The number of anilines is 2. The van der Waals surface area contributed by atoms with E-state index in [1.54, 1.807) is 7.05 Å². The summed E-state index contributed by atoms with van der Waals surface area (Å²) in [6.45, 7) is 8.52. The average molecular weight is 510 g/mol. The third kappa shape index (κ3) is 4.92. The second-order valence-electron chi connectivity index (χ2n) is 9.41. The highest BCUT2D eigenvalue weighted by Crippen LogP contribution is 2.28. The number of benzene rings is 1. The van der Waals surface area contributed by atoms with Crippen molar-refractivity contribution in [1.82, 2.24) is 44.6 Å². The molecule has 0 bridgehead atoms. The largest absolute Gasteiger partial charge is 0.357 e. The summed E-state index contributed by atoms with van der Waals surface area (Å²) >= 11 is 0. The molecule has 1 aliphatic heterocycles. The van der Waals surface area contributed by atoms with Gasteiger partial charge in [0.1, 0.15) is 17.2 Å². The molecule has 0 atom stereocenters. The number of pyridine rings is 1. The lowest BCUT2D eigenvalue weighted by molar-refractivity contribution is 0.270. The maximum atomic E-state index is 4.94. The molecule has 5 aromatic rings. The van der Waals surface area contributed by atoms with E-state index < -0.39 is 0 Å². The van der Waals surface area contributed by atoms with Crippen molar-refractivity contribution in [2.24, 2.45) is 0 Å². The zero-order valence-electron chi connectivity index (χ0n) is 21.7. The fourth-order valence-corrected chi connectivity index (χ4v) is 4.82. The number of aromatic nitrogens is 8. The van der Waals surface area contributed by atoms with Crippen LogP contribution in [-0.2, 0) is 13.1 Å². The van der Waals surface area contributed by atoms with Crippen LogP contribution in [0.1, 0.15) is 18.2 Å². The monoisotopic (exact) mass is 509 g/mol. The molecule has 1 aromatic carbocycles. The maximum absolute atomic E-state index is 4.94. The van der Waals surface area contributed by atoms with Crippen molar-refractivity contribution in [2.45, 2.75) is 20.0 Å². The van der Waals surface area contributed by atoms with Gasteiger partial charge in [-0.2, -0.15) is 10.1 Å². The van der Waals surface area contributed by atoms with E-state index in [9.17, 15) is 0 Å². The van der Waals surface area contributed by atoms with Gasteiger partial charge in [0.25, 0.3) is 0 Å². The van der Waals surface area contributed by atoms with Crippen molar-refractivity contribution in [2.75, 3.05) is 50.0 Å². The highest BCUT2D eigenvalue weighted by atomic mass is 15.4. The average Bonchev–Trinajstić information content (AvgIpc) is 3.57. The first kappa shape index (κ1) is 24.0. The Morgan fingerprint density at radius 2 is 1.76 bits per heavy atom. The molecule has 194 valence electrons. The second kappa shape index (κ2) is 10.5. The zero-order chi connectivity index (χ0) is 25.9. The van der Waals surface area contributed by atoms with E-state index >= 15 is 0 Å². The maximum Gasteiger partial charge on any atom is 0.224 e. The number of piperazine rings is 1. The first-order chi connectivity index (χ1) is 18.7. The molecule has 5 heterocycles. The van der Waals surface area contributed by atoms with E-state index in [0.717, 1.165) is 66.5 Å². The van der Waals surface area contributed by atoms with Crippen LogP contribution in [0.15, 0.2) is 61.1 Å². The highest BCUT2D eigenvalue weighted by molar-refractivity contribution is 5.91. The van der Waals surface area contributed by atoms with Gasteiger partial charge in [-0.15, -0.1) is 5.10 Å². The summed E-state index contributed by atoms with van der Waals surface area (Å²) in [5.41, 5.74) is 4.44. The molecule has 1 N–H and O–H groups in total. The Kier molecular flexibility index (Phi) is 6.65. The van der Waals surface area contributed by atoms with Crippen LogP contribution >= 0.6 is 0 Å². The summed E-state index contributed by atoms with van der Waals surface area (Å²) in [5, 5.41) is 17.5. The number of likely N-dealkylation sites (N-methyl/N-ethyl adjacent to an activating group) is 1. The molecule has 0 radical (unpaired) electrons. The normalized spacial score (nSPS) is 14.3. The Bertz CT molecular complexity index is 1500. The van der Waals surface area contributed by atoms with Gasteiger partial charge in [0.2, 0.25) is 5.95 Å². The van der Waals surface area contributed by atoms with Gasteiger partial charge >= 0.3 is 0 Å². The molecule has 6 rings (SSSR count). The number of nitrogens with one attached hydrogen (secondary N) is 1. The summed E-state index contributed by atoms with van der Waals surface area (Å²) in [4.78, 5) is 18.7. The smallest absolute Gasteiger partial charge is 0.224 e. The van der Waals surface area contributed by atoms with E-state index in [1.807, 2.05) is 46.2 Å². The van der Waals surface area contributed by atoms with E-state index in [4.69, 9.17) is 15.1 Å². The van der Waals surface area contributed by atoms with Crippen molar-refractivity contribution in [1.29, 1.82) is 0 Å². The third-order valence-corrected chi connectivity index (χ3v) is 6.96. The molecule has 11 nitrogen and oxygen atoms in total. The number of hydrogen-bond acceptors (Lipinski definition) is 9. The van der Waals surface area contributed by atoms with Crippen LogP contribution in [0.4, 0.5) is 11.8 Å². The Balaban J connectivity index is 1.27. The van der Waals surface area contributed by atoms with Crippen molar-refractivity contribution in [3.05, 3.63) is 72.3 Å². The lowest BCUT2D eigenvalue weighted by Gasteiger charge is -2.34. The summed E-state index contributed by atoms with van der Waals surface area (Å²) in [6.07, 6.45) is 5.67. The standard InChI is InChI=1S/C27H31N11/c1-3-35-11-13-36(14-12-35)24-10-9-21(15-29-24)25-23-16-30-27(28-2)31-26(23)38(33-25)19-22-18-37(34-32-22)17-20-7-5-4-6-8-20/h4-10,15-16,18H,3,11-14,17,19H2,1-2H3,(H,28,30,31). The van der Waals surface area contributed by atoms with Gasteiger partial charge in [0.05, 0.1) is 24.7 Å². The topological polar surface area (TPSA) is 106 Å². The molecule has 0 aliphatic carbocycles. The van der Waals surface area contributed by atoms with Gasteiger partial charge < -0.3 is 15.1 Å². The molecule has 0 unspecified atom stereocenters. The van der Waals surface area contributed by atoms with E-state index in [2.05, 4.69) is 61.6 Å². The van der Waals surface area contributed by atoms with Crippen LogP contribution in [0, 0.1) is 0 Å². The quantitative estimate of drug-likeness (QED) is 0.338. The molecule has 4 aromatic heterocycles. The number of hydrogen-bond donors (Lipinski definition) is 1. The van der Waals surface area contributed by atoms with Crippen molar-refractivity contribution in [3.63, 3.8) is 0 Å². The lowest BCUT2D eigenvalue weighted by atomic mass is 10.1. The van der Waals surface area contributed by atoms with Crippen molar-refractivity contribution >= 4 is 22.8 Å². The number of rotatable bonds is 8. The van der Waals surface area contributed by atoms with Gasteiger partial charge in [0.15, 0.2) is 5.65 Å². The Hall–Kier alpha value is -4.38. The second-order valence-corrected chi connectivity index (χ2v) is 9.41. The van der Waals surface area contributed by atoms with Crippen LogP contribution in [0.3, 0.4) is 0 Å². The first-order valence-corrected chi connectivity index (χ1v) is 13.0. The van der Waals surface area contributed by atoms with Gasteiger partial charge in [-0.25, -0.2) is 19.3 Å². The number of nitrogens with zero attached hydrogens (tertiary/aromatic N) is 10. The van der Waals surface area contributed by atoms with E-state index in [0.29, 0.717) is 19.0 Å². The van der Waals surface area contributed by atoms with Crippen LogP contribution in [-0.4, -0.2) is 84.4 Å². The Morgan fingerprint density at radius 1 is 0.921 bits per heavy atom. The summed E-state index contributed by atoms with van der Waals surface area (Å²) in [6, 6.07) is 14.4. The zero-order valence-corrected chi connectivity index (χ0v) is 21.7. The summed E-state index contributed by atoms with van der Waals surface area (Å²) in [5.74, 6) is 1.54. The molecular formula is C27H31N11. The lowest BCUT2D eigenvalue weighted by Crippen LogP contribution is -2.46. The predicted octanol–water partition coefficient (Wildman–Crippen LogP) is 2.76. The van der Waals surface area contributed by atoms with Gasteiger partial charge in [0, 0.05) is 51.2 Å². The fraction of sp³-hybridized carbons (Fsp3) is 0.333.